The SMILES string of the molecule is Cn1cc(-c2ccc3cnc(CC(=O)CN4CCC(F)CC4)cc3c2)cn1. The number of nitrogens with zero attached hydrogens (tertiary/aromatic N) is 4. The van der Waals surface area contributed by atoms with Crippen molar-refractivity contribution >= 4 is 16.6 Å². The molecule has 3 aromatic rings. The minimum Gasteiger partial charge on any atom is -0.298 e. The molecule has 140 valence electrons. The van der Waals surface area contributed by atoms with Crippen LogP contribution in [-0.2, 0) is 18.3 Å². The van der Waals surface area contributed by atoms with Crippen molar-refractivity contribution in [1.82, 2.24) is 19.7 Å². The third kappa shape index (κ3) is 4.22. The fourth-order valence-electron chi connectivity index (χ4n) is 3.60. The second-order valence-electron chi connectivity index (χ2n) is 7.31. The van der Waals surface area contributed by atoms with Crippen LogP contribution in [0.2, 0.25) is 0 Å². The van der Waals surface area contributed by atoms with Gasteiger partial charge in [0.2, 0.25) is 0 Å². The van der Waals surface area contributed by atoms with Gasteiger partial charge in [-0.15, -0.1) is 0 Å². The van der Waals surface area contributed by atoms with Crippen molar-refractivity contribution in [2.75, 3.05) is 19.6 Å². The maximum absolute atomic E-state index is 13.2. The molecule has 2 aromatic heterocycles. The van der Waals surface area contributed by atoms with Gasteiger partial charge < -0.3 is 0 Å². The van der Waals surface area contributed by atoms with Gasteiger partial charge in [-0.2, -0.15) is 5.10 Å². The van der Waals surface area contributed by atoms with Crippen molar-refractivity contribution in [3.63, 3.8) is 0 Å². The molecule has 1 fully saturated rings. The highest BCUT2D eigenvalue weighted by atomic mass is 19.1. The van der Waals surface area contributed by atoms with Gasteiger partial charge >= 0.3 is 0 Å². The highest BCUT2D eigenvalue weighted by molar-refractivity contribution is 5.88. The van der Waals surface area contributed by atoms with Gasteiger partial charge in [0.15, 0.2) is 5.78 Å². The zero-order chi connectivity index (χ0) is 18.8. The van der Waals surface area contributed by atoms with Crippen molar-refractivity contribution in [1.29, 1.82) is 0 Å². The van der Waals surface area contributed by atoms with Gasteiger partial charge in [0.25, 0.3) is 0 Å². The van der Waals surface area contributed by atoms with Crippen LogP contribution in [0.3, 0.4) is 0 Å². The molecule has 1 aliphatic heterocycles. The number of benzene rings is 1. The van der Waals surface area contributed by atoms with Gasteiger partial charge in [-0.1, -0.05) is 12.1 Å². The van der Waals surface area contributed by atoms with Crippen LogP contribution in [0.4, 0.5) is 4.39 Å². The standard InChI is InChI=1S/C21H23FN4O/c1-25-13-18(12-24-25)15-2-3-16-11-23-20(9-17(16)8-15)10-21(27)14-26-6-4-19(22)5-7-26/h2-3,8-9,11-13,19H,4-7,10,14H2,1H3. The molecule has 0 spiro atoms. The molecule has 0 unspecified atom stereocenters. The van der Waals surface area contributed by atoms with Crippen LogP contribution < -0.4 is 0 Å². The third-order valence-corrected chi connectivity index (χ3v) is 5.11. The molecule has 5 nitrogen and oxygen atoms in total. The summed E-state index contributed by atoms with van der Waals surface area (Å²) in [6, 6.07) is 8.19. The number of ketones is 1. The number of hydrogen-bond donors (Lipinski definition) is 0. The van der Waals surface area contributed by atoms with E-state index < -0.39 is 6.17 Å². The molecule has 1 aliphatic rings. The zero-order valence-electron chi connectivity index (χ0n) is 15.4. The molecular formula is C21H23FN4O. The summed E-state index contributed by atoms with van der Waals surface area (Å²) in [5.74, 6) is 0.127. The predicted octanol–water partition coefficient (Wildman–Crippen LogP) is 3.18. The maximum atomic E-state index is 13.2. The van der Waals surface area contributed by atoms with E-state index in [1.54, 1.807) is 4.68 Å². The Morgan fingerprint density at radius 1 is 1.15 bits per heavy atom. The number of likely N-dealkylation sites (tertiary alicyclic amines) is 1. The van der Waals surface area contributed by atoms with E-state index in [0.29, 0.717) is 38.9 Å². The average molecular weight is 366 g/mol. The second-order valence-corrected chi connectivity index (χ2v) is 7.31. The molecule has 0 radical (unpaired) electrons. The Labute approximate surface area is 157 Å². The summed E-state index contributed by atoms with van der Waals surface area (Å²) in [5.41, 5.74) is 2.93. The number of rotatable bonds is 5. The number of carbonyl (C=O) groups is 1. The topological polar surface area (TPSA) is 51.0 Å². The van der Waals surface area contributed by atoms with E-state index in [4.69, 9.17) is 0 Å². The fraction of sp³-hybridized carbons (Fsp3) is 0.381. The number of aromatic nitrogens is 3. The molecule has 0 atom stereocenters. The van der Waals surface area contributed by atoms with Crippen LogP contribution in [0.15, 0.2) is 42.9 Å². The minimum atomic E-state index is -0.715. The molecule has 1 saturated heterocycles. The van der Waals surface area contributed by atoms with E-state index in [1.807, 2.05) is 42.7 Å². The number of fused-ring (bicyclic) bond motifs is 1. The van der Waals surface area contributed by atoms with Crippen molar-refractivity contribution in [3.8, 4) is 11.1 Å². The van der Waals surface area contributed by atoms with E-state index in [0.717, 1.165) is 27.6 Å². The molecule has 0 amide bonds. The molecule has 3 heterocycles. The first-order valence-corrected chi connectivity index (χ1v) is 9.33. The van der Waals surface area contributed by atoms with Crippen LogP contribution in [0.1, 0.15) is 18.5 Å². The summed E-state index contributed by atoms with van der Waals surface area (Å²) in [4.78, 5) is 18.9. The molecule has 0 aliphatic carbocycles. The smallest absolute Gasteiger partial charge is 0.152 e. The quantitative estimate of drug-likeness (QED) is 0.696. The lowest BCUT2D eigenvalue weighted by Crippen LogP contribution is -2.38. The highest BCUT2D eigenvalue weighted by Crippen LogP contribution is 2.24. The number of aryl methyl sites for hydroxylation is 1. The van der Waals surface area contributed by atoms with Crippen LogP contribution in [0, 0.1) is 0 Å². The Morgan fingerprint density at radius 3 is 2.70 bits per heavy atom. The van der Waals surface area contributed by atoms with Gasteiger partial charge in [0, 0.05) is 49.2 Å². The first kappa shape index (κ1) is 17.8. The van der Waals surface area contributed by atoms with Crippen molar-refractivity contribution < 1.29 is 9.18 Å². The van der Waals surface area contributed by atoms with Crippen LogP contribution in [-0.4, -0.2) is 51.3 Å². The predicted molar refractivity (Wildman–Crippen MR) is 103 cm³/mol. The van der Waals surface area contributed by atoms with E-state index in [-0.39, 0.29) is 5.78 Å². The number of carbonyl (C=O) groups excluding carboxylic acids is 1. The molecule has 0 saturated carbocycles. The molecule has 1 aromatic carbocycles. The van der Waals surface area contributed by atoms with E-state index in [2.05, 4.69) is 22.2 Å². The number of Topliss-reactive ketones (excluding diaryl/α,β-unsaturated/α-hetero) is 1. The number of piperidine rings is 1. The number of pyridine rings is 1. The van der Waals surface area contributed by atoms with E-state index in [9.17, 15) is 9.18 Å². The summed E-state index contributed by atoms with van der Waals surface area (Å²) in [5, 5.41) is 6.33. The molecule has 0 N–H and O–H groups in total. The summed E-state index contributed by atoms with van der Waals surface area (Å²) >= 11 is 0. The lowest BCUT2D eigenvalue weighted by molar-refractivity contribution is -0.120. The number of alkyl halides is 1. The Morgan fingerprint density at radius 2 is 1.96 bits per heavy atom. The third-order valence-electron chi connectivity index (χ3n) is 5.11. The minimum absolute atomic E-state index is 0.127. The van der Waals surface area contributed by atoms with E-state index in [1.165, 1.54) is 0 Å². The van der Waals surface area contributed by atoms with Crippen LogP contribution in [0.5, 0.6) is 0 Å². The van der Waals surface area contributed by atoms with E-state index >= 15 is 0 Å². The largest absolute Gasteiger partial charge is 0.298 e. The Balaban J connectivity index is 1.48. The normalized spacial score (nSPS) is 16.1. The lowest BCUT2D eigenvalue weighted by atomic mass is 10.0. The van der Waals surface area contributed by atoms with Crippen molar-refractivity contribution in [2.45, 2.75) is 25.4 Å². The Kier molecular flexibility index (Phi) is 4.99. The van der Waals surface area contributed by atoms with Gasteiger partial charge in [0.05, 0.1) is 19.2 Å². The van der Waals surface area contributed by atoms with Crippen molar-refractivity contribution in [2.24, 2.45) is 7.05 Å². The summed E-state index contributed by atoms with van der Waals surface area (Å²) in [6.45, 7) is 1.70. The number of hydrogen-bond acceptors (Lipinski definition) is 4. The first-order chi connectivity index (χ1) is 13.1. The average Bonchev–Trinajstić information content (AvgIpc) is 3.09. The highest BCUT2D eigenvalue weighted by Gasteiger charge is 2.20. The van der Waals surface area contributed by atoms with Gasteiger partial charge in [-0.3, -0.25) is 19.4 Å². The summed E-state index contributed by atoms with van der Waals surface area (Å²) in [7, 11) is 1.90. The molecule has 6 heteroatoms. The number of halogens is 1. The summed E-state index contributed by atoms with van der Waals surface area (Å²) < 4.78 is 15.0. The summed E-state index contributed by atoms with van der Waals surface area (Å²) in [6.07, 6.45) is 6.28. The van der Waals surface area contributed by atoms with Gasteiger partial charge in [-0.25, -0.2) is 4.39 Å². The molecule has 0 bridgehead atoms. The molecular weight excluding hydrogens is 343 g/mol. The van der Waals surface area contributed by atoms with Gasteiger partial charge in [0.1, 0.15) is 6.17 Å². The van der Waals surface area contributed by atoms with Crippen LogP contribution in [0.25, 0.3) is 21.9 Å². The molecule has 4 rings (SSSR count). The molecule has 27 heavy (non-hydrogen) atoms. The monoisotopic (exact) mass is 366 g/mol. The second kappa shape index (κ2) is 7.56. The maximum Gasteiger partial charge on any atom is 0.152 e. The fourth-order valence-corrected chi connectivity index (χ4v) is 3.60. The first-order valence-electron chi connectivity index (χ1n) is 9.33. The lowest BCUT2D eigenvalue weighted by Gasteiger charge is -2.27. The van der Waals surface area contributed by atoms with Crippen molar-refractivity contribution in [3.05, 3.63) is 48.5 Å². The Bertz CT molecular complexity index is 960. The van der Waals surface area contributed by atoms with Crippen LogP contribution >= 0.6 is 0 Å². The van der Waals surface area contributed by atoms with Gasteiger partial charge in [-0.05, 0) is 35.9 Å². The zero-order valence-corrected chi connectivity index (χ0v) is 15.4. The Hall–Kier alpha value is -2.60.